The van der Waals surface area contributed by atoms with Crippen molar-refractivity contribution in [2.45, 2.75) is 6.04 Å². The van der Waals surface area contributed by atoms with E-state index in [2.05, 4.69) is 15.3 Å². The summed E-state index contributed by atoms with van der Waals surface area (Å²) in [6.07, 6.45) is 3.30. The van der Waals surface area contributed by atoms with Crippen LogP contribution in [0.25, 0.3) is 10.9 Å². The van der Waals surface area contributed by atoms with Crippen molar-refractivity contribution in [3.8, 4) is 11.5 Å². The van der Waals surface area contributed by atoms with E-state index >= 15 is 0 Å². The van der Waals surface area contributed by atoms with E-state index < -0.39 is 6.04 Å². The zero-order valence-electron chi connectivity index (χ0n) is 15.2. The maximum absolute atomic E-state index is 12.8. The van der Waals surface area contributed by atoms with E-state index in [0.717, 1.165) is 10.9 Å². The molecular formula is C22H19N3O3. The van der Waals surface area contributed by atoms with Gasteiger partial charge in [0.25, 0.3) is 5.91 Å². The third kappa shape index (κ3) is 3.16. The van der Waals surface area contributed by atoms with Crippen LogP contribution in [0, 0.1) is 0 Å². The molecule has 0 aliphatic heterocycles. The van der Waals surface area contributed by atoms with Gasteiger partial charge in [0.15, 0.2) is 5.75 Å². The highest BCUT2D eigenvalue weighted by Gasteiger charge is 2.26. The molecule has 1 atom stereocenters. The standard InChI is InChI=1S/C22H19N3O3/c1-28-17-13-15-9-5-12-24-20(15)21(26)18(17)19(14-7-3-2-4-8-14)25-22(27)16-10-6-11-23-16/h2-13,19,23,26H,1H3,(H,25,27). The van der Waals surface area contributed by atoms with E-state index in [0.29, 0.717) is 22.5 Å². The number of aromatic hydroxyl groups is 1. The van der Waals surface area contributed by atoms with Crippen molar-refractivity contribution in [1.82, 2.24) is 15.3 Å². The summed E-state index contributed by atoms with van der Waals surface area (Å²) in [6.45, 7) is 0. The van der Waals surface area contributed by atoms with Gasteiger partial charge < -0.3 is 20.1 Å². The number of carbonyl (C=O) groups excluding carboxylic acids is 1. The van der Waals surface area contributed by atoms with Crippen LogP contribution >= 0.6 is 0 Å². The number of nitrogens with zero attached hydrogens (tertiary/aromatic N) is 1. The van der Waals surface area contributed by atoms with E-state index in [1.165, 1.54) is 7.11 Å². The lowest BCUT2D eigenvalue weighted by Gasteiger charge is -2.23. The normalized spacial score (nSPS) is 11.9. The van der Waals surface area contributed by atoms with Crippen LogP contribution < -0.4 is 10.1 Å². The highest BCUT2D eigenvalue weighted by molar-refractivity contribution is 5.94. The van der Waals surface area contributed by atoms with Crippen LogP contribution in [-0.4, -0.2) is 28.1 Å². The second-order valence-electron chi connectivity index (χ2n) is 6.32. The highest BCUT2D eigenvalue weighted by atomic mass is 16.5. The molecule has 140 valence electrons. The van der Waals surface area contributed by atoms with Crippen LogP contribution in [0.5, 0.6) is 11.5 Å². The number of H-pyrrole nitrogens is 1. The first-order valence-corrected chi connectivity index (χ1v) is 8.83. The minimum Gasteiger partial charge on any atom is -0.505 e. The van der Waals surface area contributed by atoms with Crippen LogP contribution in [0.15, 0.2) is 73.1 Å². The minimum absolute atomic E-state index is 0.0180. The Kier molecular flexibility index (Phi) is 4.68. The molecule has 4 aromatic rings. The zero-order chi connectivity index (χ0) is 19.5. The Labute approximate surface area is 161 Å². The van der Waals surface area contributed by atoms with Gasteiger partial charge in [0.2, 0.25) is 0 Å². The van der Waals surface area contributed by atoms with Crippen LogP contribution in [0.4, 0.5) is 0 Å². The maximum atomic E-state index is 12.8. The van der Waals surface area contributed by atoms with Crippen LogP contribution in [0.3, 0.4) is 0 Å². The first-order chi connectivity index (χ1) is 13.7. The number of benzene rings is 2. The average Bonchev–Trinajstić information content (AvgIpc) is 3.28. The Balaban J connectivity index is 1.89. The van der Waals surface area contributed by atoms with Gasteiger partial charge in [-0.05, 0) is 29.8 Å². The maximum Gasteiger partial charge on any atom is 0.268 e. The summed E-state index contributed by atoms with van der Waals surface area (Å²) in [5.41, 5.74) is 2.15. The SMILES string of the molecule is COc1cc2cccnc2c(O)c1C(NC(=O)c1ccc[nH]1)c1ccccc1. The Morgan fingerprint density at radius 1 is 1.14 bits per heavy atom. The molecule has 0 aliphatic carbocycles. The summed E-state index contributed by atoms with van der Waals surface area (Å²) in [6, 6.07) is 17.7. The first-order valence-electron chi connectivity index (χ1n) is 8.83. The number of carbonyl (C=O) groups is 1. The molecule has 0 spiro atoms. The lowest BCUT2D eigenvalue weighted by atomic mass is 9.95. The molecule has 6 nitrogen and oxygen atoms in total. The molecule has 0 fully saturated rings. The number of amides is 1. The Morgan fingerprint density at radius 3 is 2.68 bits per heavy atom. The van der Waals surface area contributed by atoms with Crippen LogP contribution in [-0.2, 0) is 0 Å². The van der Waals surface area contributed by atoms with Crippen molar-refractivity contribution in [1.29, 1.82) is 0 Å². The quantitative estimate of drug-likeness (QED) is 0.497. The van der Waals surface area contributed by atoms with Gasteiger partial charge in [0.1, 0.15) is 17.0 Å². The summed E-state index contributed by atoms with van der Waals surface area (Å²) in [7, 11) is 1.54. The summed E-state index contributed by atoms with van der Waals surface area (Å²) in [5, 5.41) is 14.8. The number of ether oxygens (including phenoxy) is 1. The molecule has 2 aromatic carbocycles. The number of rotatable bonds is 5. The number of fused-ring (bicyclic) bond motifs is 1. The Hall–Kier alpha value is -3.80. The van der Waals surface area contributed by atoms with Gasteiger partial charge in [-0.2, -0.15) is 0 Å². The monoisotopic (exact) mass is 373 g/mol. The molecule has 2 heterocycles. The van der Waals surface area contributed by atoms with Gasteiger partial charge in [-0.1, -0.05) is 36.4 Å². The molecule has 1 amide bonds. The molecule has 0 radical (unpaired) electrons. The summed E-state index contributed by atoms with van der Waals surface area (Å²) in [4.78, 5) is 20.0. The fraction of sp³-hybridized carbons (Fsp3) is 0.0909. The third-order valence-electron chi connectivity index (χ3n) is 4.63. The fourth-order valence-electron chi connectivity index (χ4n) is 3.29. The van der Waals surface area contributed by atoms with Crippen molar-refractivity contribution in [3.05, 3.63) is 89.9 Å². The van der Waals surface area contributed by atoms with Crippen molar-refractivity contribution >= 4 is 16.8 Å². The van der Waals surface area contributed by atoms with Crippen molar-refractivity contribution < 1.29 is 14.6 Å². The number of methoxy groups -OCH3 is 1. The Bertz CT molecular complexity index is 1110. The molecule has 0 aliphatic rings. The van der Waals surface area contributed by atoms with Crippen LogP contribution in [0.1, 0.15) is 27.7 Å². The van der Waals surface area contributed by atoms with E-state index in [1.807, 2.05) is 42.5 Å². The summed E-state index contributed by atoms with van der Waals surface area (Å²) < 4.78 is 5.56. The number of aromatic amines is 1. The lowest BCUT2D eigenvalue weighted by Crippen LogP contribution is -2.30. The molecule has 28 heavy (non-hydrogen) atoms. The van der Waals surface area contributed by atoms with E-state index in [1.54, 1.807) is 30.6 Å². The number of nitrogens with one attached hydrogen (secondary N) is 2. The predicted octanol–water partition coefficient (Wildman–Crippen LogP) is 3.80. The van der Waals surface area contributed by atoms with Crippen molar-refractivity contribution in [2.24, 2.45) is 0 Å². The number of aromatic nitrogens is 2. The van der Waals surface area contributed by atoms with Crippen molar-refractivity contribution in [3.63, 3.8) is 0 Å². The molecule has 2 aromatic heterocycles. The van der Waals surface area contributed by atoms with Gasteiger partial charge in [-0.25, -0.2) is 0 Å². The average molecular weight is 373 g/mol. The van der Waals surface area contributed by atoms with Gasteiger partial charge in [-0.3, -0.25) is 9.78 Å². The van der Waals surface area contributed by atoms with E-state index in [9.17, 15) is 9.90 Å². The smallest absolute Gasteiger partial charge is 0.268 e. The largest absolute Gasteiger partial charge is 0.505 e. The molecule has 0 saturated carbocycles. The zero-order valence-corrected chi connectivity index (χ0v) is 15.2. The number of phenols is 1. The van der Waals surface area contributed by atoms with Gasteiger partial charge in [0.05, 0.1) is 18.7 Å². The molecule has 4 rings (SSSR count). The Morgan fingerprint density at radius 2 is 1.96 bits per heavy atom. The summed E-state index contributed by atoms with van der Waals surface area (Å²) >= 11 is 0. The lowest BCUT2D eigenvalue weighted by molar-refractivity contribution is 0.0938. The molecular weight excluding hydrogens is 354 g/mol. The molecule has 1 unspecified atom stereocenters. The predicted molar refractivity (Wildman–Crippen MR) is 107 cm³/mol. The number of hydrogen-bond acceptors (Lipinski definition) is 4. The van der Waals surface area contributed by atoms with E-state index in [4.69, 9.17) is 4.74 Å². The third-order valence-corrected chi connectivity index (χ3v) is 4.63. The van der Waals surface area contributed by atoms with E-state index in [-0.39, 0.29) is 11.7 Å². The van der Waals surface area contributed by atoms with Crippen LogP contribution in [0.2, 0.25) is 0 Å². The van der Waals surface area contributed by atoms with Gasteiger partial charge in [-0.15, -0.1) is 0 Å². The number of phenolic OH excluding ortho intramolecular Hbond substituents is 1. The minimum atomic E-state index is -0.627. The molecule has 3 N–H and O–H groups in total. The van der Waals surface area contributed by atoms with Gasteiger partial charge >= 0.3 is 0 Å². The number of hydrogen-bond donors (Lipinski definition) is 3. The van der Waals surface area contributed by atoms with Crippen molar-refractivity contribution in [2.75, 3.05) is 7.11 Å². The molecule has 0 saturated heterocycles. The second kappa shape index (κ2) is 7.44. The summed E-state index contributed by atoms with van der Waals surface area (Å²) in [5.74, 6) is 0.163. The highest BCUT2D eigenvalue weighted by Crippen LogP contribution is 2.41. The topological polar surface area (TPSA) is 87.2 Å². The molecule has 0 bridgehead atoms. The van der Waals surface area contributed by atoms with Gasteiger partial charge in [0, 0.05) is 17.8 Å². The first kappa shape index (κ1) is 17.6. The number of pyridine rings is 1. The second-order valence-corrected chi connectivity index (χ2v) is 6.32. The molecule has 6 heteroatoms. The fourth-order valence-corrected chi connectivity index (χ4v) is 3.29.